The molecular weight excluding hydrogens is 270 g/mol. The Labute approximate surface area is 110 Å². The van der Waals surface area contributed by atoms with Crippen LogP contribution in [0.1, 0.15) is 32.1 Å². The van der Waals surface area contributed by atoms with E-state index in [-0.39, 0.29) is 0 Å². The third-order valence-electron chi connectivity index (χ3n) is 3.46. The molecule has 1 aliphatic rings. The molecule has 0 amide bonds. The van der Waals surface area contributed by atoms with Gasteiger partial charge < -0.3 is 0 Å². The lowest BCUT2D eigenvalue weighted by Gasteiger charge is -2.22. The van der Waals surface area contributed by atoms with E-state index < -0.39 is 26.2 Å². The van der Waals surface area contributed by atoms with Crippen LogP contribution in [-0.2, 0) is 16.6 Å². The number of hydrogen-bond donors (Lipinski definition) is 2. The van der Waals surface area contributed by atoms with Crippen LogP contribution in [0, 0.1) is 5.92 Å². The van der Waals surface area contributed by atoms with Crippen molar-refractivity contribution < 1.29 is 8.42 Å². The van der Waals surface area contributed by atoms with Gasteiger partial charge in [0.2, 0.25) is 10.0 Å². The van der Waals surface area contributed by atoms with Crippen molar-refractivity contribution >= 4 is 10.0 Å². The lowest BCUT2D eigenvalue weighted by atomic mass is 9.89. The van der Waals surface area contributed by atoms with Gasteiger partial charge in [-0.2, -0.15) is 0 Å². The normalized spacial score (nSPS) is 17.5. The summed E-state index contributed by atoms with van der Waals surface area (Å²) in [4.78, 5) is 24.5. The van der Waals surface area contributed by atoms with Crippen LogP contribution in [0.4, 0.5) is 0 Å². The summed E-state index contributed by atoms with van der Waals surface area (Å²) >= 11 is 0. The van der Waals surface area contributed by atoms with Crippen molar-refractivity contribution in [2.24, 2.45) is 11.1 Å². The topological polar surface area (TPSA) is 115 Å². The number of aromatic amines is 1. The lowest BCUT2D eigenvalue weighted by Crippen LogP contribution is -2.36. The molecule has 0 saturated heterocycles. The summed E-state index contributed by atoms with van der Waals surface area (Å²) in [5.74, 6) is 0.339. The van der Waals surface area contributed by atoms with Gasteiger partial charge in [-0.05, 0) is 18.8 Å². The molecule has 106 valence electrons. The second kappa shape index (κ2) is 5.30. The van der Waals surface area contributed by atoms with E-state index in [9.17, 15) is 18.0 Å². The van der Waals surface area contributed by atoms with Crippen LogP contribution in [0.25, 0.3) is 0 Å². The molecule has 1 heterocycles. The summed E-state index contributed by atoms with van der Waals surface area (Å²) in [5, 5.41) is 4.95. The number of H-pyrrole nitrogens is 1. The van der Waals surface area contributed by atoms with E-state index in [1.165, 1.54) is 11.0 Å². The first-order valence-corrected chi connectivity index (χ1v) is 7.79. The fourth-order valence-corrected chi connectivity index (χ4v) is 3.06. The third kappa shape index (κ3) is 3.32. The minimum atomic E-state index is -4.12. The number of nitrogens with one attached hydrogen (secondary N) is 1. The largest absolute Gasteiger partial charge is 0.328 e. The zero-order chi connectivity index (χ0) is 14.0. The van der Waals surface area contributed by atoms with Gasteiger partial charge in [0, 0.05) is 12.7 Å². The third-order valence-corrected chi connectivity index (χ3v) is 4.37. The Balaban J connectivity index is 2.35. The second-order valence-corrected chi connectivity index (χ2v) is 6.48. The maximum Gasteiger partial charge on any atom is 0.328 e. The van der Waals surface area contributed by atoms with Crippen LogP contribution in [0.3, 0.4) is 0 Å². The smallest absolute Gasteiger partial charge is 0.299 e. The molecule has 7 nitrogen and oxygen atoms in total. The molecule has 0 aromatic carbocycles. The molecule has 1 fully saturated rings. The Bertz CT molecular complexity index is 668. The van der Waals surface area contributed by atoms with Crippen molar-refractivity contribution in [2.75, 3.05) is 0 Å². The fourth-order valence-electron chi connectivity index (χ4n) is 2.48. The predicted molar refractivity (Wildman–Crippen MR) is 69.3 cm³/mol. The van der Waals surface area contributed by atoms with Crippen LogP contribution in [0.5, 0.6) is 0 Å². The molecule has 1 aliphatic carbocycles. The average Bonchev–Trinajstić information content (AvgIpc) is 2.32. The number of rotatable bonds is 3. The summed E-state index contributed by atoms with van der Waals surface area (Å²) < 4.78 is 23.7. The maximum absolute atomic E-state index is 11.7. The summed E-state index contributed by atoms with van der Waals surface area (Å²) in [6.45, 7) is 0.415. The Morgan fingerprint density at radius 1 is 1.26 bits per heavy atom. The molecular formula is C11H17N3O4S. The van der Waals surface area contributed by atoms with Crippen molar-refractivity contribution in [1.82, 2.24) is 9.55 Å². The molecule has 0 bridgehead atoms. The van der Waals surface area contributed by atoms with Gasteiger partial charge in [0.1, 0.15) is 0 Å². The number of nitrogens with two attached hydrogens (primary N) is 1. The Kier molecular flexibility index (Phi) is 3.91. The molecule has 0 radical (unpaired) electrons. The van der Waals surface area contributed by atoms with E-state index in [1.807, 2.05) is 4.98 Å². The zero-order valence-electron chi connectivity index (χ0n) is 10.5. The maximum atomic E-state index is 11.7. The summed E-state index contributed by atoms with van der Waals surface area (Å²) in [5.41, 5.74) is -1.56. The molecule has 1 saturated carbocycles. The highest BCUT2D eigenvalue weighted by Gasteiger charge is 2.18. The van der Waals surface area contributed by atoms with Crippen LogP contribution >= 0.6 is 0 Å². The Morgan fingerprint density at radius 2 is 1.89 bits per heavy atom. The highest BCUT2D eigenvalue weighted by atomic mass is 32.2. The van der Waals surface area contributed by atoms with Gasteiger partial charge in [0.25, 0.3) is 5.56 Å². The number of primary sulfonamides is 1. The Hall–Kier alpha value is -1.41. The Morgan fingerprint density at radius 3 is 2.47 bits per heavy atom. The second-order valence-electron chi connectivity index (χ2n) is 4.95. The highest BCUT2D eigenvalue weighted by molar-refractivity contribution is 7.89. The molecule has 0 atom stereocenters. The molecule has 8 heteroatoms. The molecule has 2 rings (SSSR count). The predicted octanol–water partition coefficient (Wildman–Crippen LogP) is -0.236. The summed E-state index contributed by atoms with van der Waals surface area (Å²) in [6, 6.07) is 0. The summed E-state index contributed by atoms with van der Waals surface area (Å²) in [7, 11) is -4.12. The van der Waals surface area contributed by atoms with Crippen LogP contribution < -0.4 is 16.4 Å². The van der Waals surface area contributed by atoms with Gasteiger partial charge in [-0.15, -0.1) is 0 Å². The van der Waals surface area contributed by atoms with Crippen molar-refractivity contribution in [3.05, 3.63) is 27.0 Å². The molecule has 1 aromatic rings. The van der Waals surface area contributed by atoms with Gasteiger partial charge >= 0.3 is 5.69 Å². The number of hydrogen-bond acceptors (Lipinski definition) is 4. The lowest BCUT2D eigenvalue weighted by molar-refractivity contribution is 0.313. The van der Waals surface area contributed by atoms with Crippen LogP contribution in [-0.4, -0.2) is 18.0 Å². The standard InChI is InChI=1S/C11H17N3O4S/c12-19(17,18)9-7-14(11(16)13-10(9)15)6-8-4-2-1-3-5-8/h7-8H,1-6H2,(H2,12,17,18)(H,13,15,16). The minimum absolute atomic E-state index is 0.339. The van der Waals surface area contributed by atoms with E-state index in [0.717, 1.165) is 31.9 Å². The van der Waals surface area contributed by atoms with E-state index in [4.69, 9.17) is 5.14 Å². The van der Waals surface area contributed by atoms with Crippen molar-refractivity contribution in [3.8, 4) is 0 Å². The van der Waals surface area contributed by atoms with E-state index >= 15 is 0 Å². The molecule has 1 aromatic heterocycles. The van der Waals surface area contributed by atoms with Crippen LogP contribution in [0.15, 0.2) is 20.7 Å². The zero-order valence-corrected chi connectivity index (χ0v) is 11.3. The number of sulfonamides is 1. The van der Waals surface area contributed by atoms with Crippen molar-refractivity contribution in [3.63, 3.8) is 0 Å². The first-order chi connectivity index (χ1) is 8.88. The number of nitrogens with zero attached hydrogens (tertiary/aromatic N) is 1. The SMILES string of the molecule is NS(=O)(=O)c1cn(CC2CCCCC2)c(=O)[nH]c1=O. The molecule has 0 aliphatic heterocycles. The quantitative estimate of drug-likeness (QED) is 0.798. The van der Waals surface area contributed by atoms with Gasteiger partial charge in [0.15, 0.2) is 4.90 Å². The number of aromatic nitrogens is 2. The first kappa shape index (κ1) is 14.0. The minimum Gasteiger partial charge on any atom is -0.299 e. The fraction of sp³-hybridized carbons (Fsp3) is 0.636. The molecule has 0 unspecified atom stereocenters. The van der Waals surface area contributed by atoms with Crippen molar-refractivity contribution in [2.45, 2.75) is 43.5 Å². The molecule has 3 N–H and O–H groups in total. The highest BCUT2D eigenvalue weighted by Crippen LogP contribution is 2.24. The van der Waals surface area contributed by atoms with Crippen molar-refractivity contribution in [1.29, 1.82) is 0 Å². The van der Waals surface area contributed by atoms with E-state index in [0.29, 0.717) is 12.5 Å². The first-order valence-electron chi connectivity index (χ1n) is 6.24. The van der Waals surface area contributed by atoms with Gasteiger partial charge in [-0.1, -0.05) is 19.3 Å². The van der Waals surface area contributed by atoms with E-state index in [1.54, 1.807) is 0 Å². The van der Waals surface area contributed by atoms with Crippen LogP contribution in [0.2, 0.25) is 0 Å². The molecule has 19 heavy (non-hydrogen) atoms. The molecule has 0 spiro atoms. The monoisotopic (exact) mass is 287 g/mol. The van der Waals surface area contributed by atoms with Gasteiger partial charge in [-0.25, -0.2) is 18.4 Å². The van der Waals surface area contributed by atoms with Gasteiger partial charge in [0.05, 0.1) is 0 Å². The van der Waals surface area contributed by atoms with Gasteiger partial charge in [-0.3, -0.25) is 14.3 Å². The summed E-state index contributed by atoms with van der Waals surface area (Å²) in [6.07, 6.45) is 6.49. The van der Waals surface area contributed by atoms with E-state index in [2.05, 4.69) is 0 Å². The average molecular weight is 287 g/mol.